The molecule has 1 aliphatic rings. The van der Waals surface area contributed by atoms with Crippen LogP contribution in [0.5, 0.6) is 0 Å². The number of esters is 1. The summed E-state index contributed by atoms with van der Waals surface area (Å²) in [5.74, 6) is -1.42. The van der Waals surface area contributed by atoms with Gasteiger partial charge in [-0.2, -0.15) is 5.10 Å². The number of hydrazone groups is 1. The van der Waals surface area contributed by atoms with Crippen molar-refractivity contribution >= 4 is 56.6 Å². The molecule has 0 aromatic heterocycles. The molecule has 162 valence electrons. The Labute approximate surface area is 193 Å². The summed E-state index contributed by atoms with van der Waals surface area (Å²) in [4.78, 5) is 38.2. The number of ketones is 1. The molecule has 7 nitrogen and oxygen atoms in total. The van der Waals surface area contributed by atoms with Crippen LogP contribution in [0, 0.1) is 5.41 Å². The van der Waals surface area contributed by atoms with E-state index in [1.165, 1.54) is 11.9 Å². The third kappa shape index (κ3) is 4.97. The average molecular weight is 507 g/mol. The Hall–Kier alpha value is -2.71. The smallest absolute Gasteiger partial charge is 0.327 e. The van der Waals surface area contributed by atoms with Crippen molar-refractivity contribution in [3.63, 3.8) is 0 Å². The first-order valence-corrected chi connectivity index (χ1v) is 10.8. The number of nitrogens with one attached hydrogen (secondary N) is 1. The summed E-state index contributed by atoms with van der Waals surface area (Å²) in [7, 11) is 0. The second kappa shape index (κ2) is 9.62. The normalized spacial score (nSPS) is 17.8. The molecule has 1 unspecified atom stereocenters. The minimum Gasteiger partial charge on any atom is -0.465 e. The van der Waals surface area contributed by atoms with Crippen LogP contribution in [-0.2, 0) is 19.1 Å². The fraction of sp³-hybridized carbons (Fsp3) is 0.273. The monoisotopic (exact) mass is 505 g/mol. The molecule has 1 atom stereocenters. The number of Topliss-reactive ketones (excluding diaryl/α,β-unsaturated/α-hetero) is 1. The molecule has 1 heterocycles. The van der Waals surface area contributed by atoms with Gasteiger partial charge in [-0.05, 0) is 55.8 Å². The van der Waals surface area contributed by atoms with Crippen molar-refractivity contribution in [2.75, 3.05) is 25.0 Å². The molecule has 0 spiro atoms. The van der Waals surface area contributed by atoms with Crippen LogP contribution in [0.4, 0.5) is 5.69 Å². The number of anilines is 1. The van der Waals surface area contributed by atoms with Crippen molar-refractivity contribution in [2.45, 2.75) is 13.8 Å². The van der Waals surface area contributed by atoms with E-state index >= 15 is 0 Å². The number of rotatable bonds is 7. The van der Waals surface area contributed by atoms with Gasteiger partial charge in [0.25, 0.3) is 0 Å². The highest BCUT2D eigenvalue weighted by atomic mass is 79.9. The van der Waals surface area contributed by atoms with Crippen molar-refractivity contribution in [1.29, 1.82) is 0 Å². The van der Waals surface area contributed by atoms with E-state index in [9.17, 15) is 14.4 Å². The van der Waals surface area contributed by atoms with E-state index in [0.29, 0.717) is 16.3 Å². The first-order valence-electron chi connectivity index (χ1n) is 9.60. The summed E-state index contributed by atoms with van der Waals surface area (Å²) < 4.78 is 6.12. The molecule has 2 aromatic rings. The number of hydrogen-bond acceptors (Lipinski definition) is 6. The number of carbonyl (C=O) groups excluding carboxylic acids is 3. The molecule has 1 aliphatic heterocycles. The van der Waals surface area contributed by atoms with E-state index < -0.39 is 17.2 Å². The van der Waals surface area contributed by atoms with Crippen molar-refractivity contribution in [3.05, 3.63) is 63.6 Å². The van der Waals surface area contributed by atoms with E-state index in [1.807, 2.05) is 12.1 Å². The van der Waals surface area contributed by atoms with Gasteiger partial charge >= 0.3 is 5.97 Å². The molecule has 0 saturated carbocycles. The van der Waals surface area contributed by atoms with Crippen molar-refractivity contribution in [1.82, 2.24) is 5.01 Å². The Morgan fingerprint density at radius 3 is 2.39 bits per heavy atom. The molecule has 31 heavy (non-hydrogen) atoms. The van der Waals surface area contributed by atoms with E-state index in [2.05, 4.69) is 26.3 Å². The predicted molar refractivity (Wildman–Crippen MR) is 122 cm³/mol. The Bertz CT molecular complexity index is 1020. The molecule has 0 saturated heterocycles. The SMILES string of the molecule is CCOC(=O)C1(C(C)=O)CN(CC(=O)Nc2ccc(Br)cc2)N=C1c1ccc(Cl)cc1. The van der Waals surface area contributed by atoms with Gasteiger partial charge in [-0.15, -0.1) is 0 Å². The maximum absolute atomic E-state index is 12.9. The molecule has 0 radical (unpaired) electrons. The zero-order valence-electron chi connectivity index (χ0n) is 17.0. The molecule has 0 bridgehead atoms. The lowest BCUT2D eigenvalue weighted by molar-refractivity contribution is -0.155. The highest BCUT2D eigenvalue weighted by molar-refractivity contribution is 9.10. The lowest BCUT2D eigenvalue weighted by atomic mass is 9.77. The fourth-order valence-corrected chi connectivity index (χ4v) is 3.74. The minimum absolute atomic E-state index is 0.0904. The number of nitrogens with zero attached hydrogens (tertiary/aromatic N) is 2. The average Bonchev–Trinajstić information content (AvgIpc) is 3.11. The standard InChI is InChI=1S/C22H21BrClN3O4/c1-3-31-21(30)22(14(2)28)13-27(26-20(22)15-4-8-17(24)9-5-15)12-19(29)25-18-10-6-16(23)7-11-18/h4-11H,3,12-13H2,1-2H3,(H,25,29). The minimum atomic E-state index is -1.62. The topological polar surface area (TPSA) is 88.1 Å². The van der Waals surface area contributed by atoms with Crippen LogP contribution in [0.3, 0.4) is 0 Å². The van der Waals surface area contributed by atoms with Gasteiger partial charge < -0.3 is 10.1 Å². The Morgan fingerprint density at radius 2 is 1.81 bits per heavy atom. The maximum Gasteiger partial charge on any atom is 0.327 e. The van der Waals surface area contributed by atoms with Crippen LogP contribution in [-0.4, -0.2) is 48.1 Å². The molecule has 0 aliphatic carbocycles. The lowest BCUT2D eigenvalue weighted by Crippen LogP contribution is -2.49. The quantitative estimate of drug-likeness (QED) is 0.455. The molecular formula is C22H21BrClN3O4. The van der Waals surface area contributed by atoms with Crippen LogP contribution in [0.15, 0.2) is 58.1 Å². The fourth-order valence-electron chi connectivity index (χ4n) is 3.35. The first-order chi connectivity index (χ1) is 14.8. The largest absolute Gasteiger partial charge is 0.465 e. The molecular weight excluding hydrogens is 486 g/mol. The van der Waals surface area contributed by atoms with Gasteiger partial charge in [0.2, 0.25) is 5.91 Å². The third-order valence-electron chi connectivity index (χ3n) is 4.86. The molecule has 3 rings (SSSR count). The van der Waals surface area contributed by atoms with Gasteiger partial charge in [-0.1, -0.05) is 39.7 Å². The van der Waals surface area contributed by atoms with E-state index in [1.54, 1.807) is 43.3 Å². The number of carbonyl (C=O) groups is 3. The zero-order valence-corrected chi connectivity index (χ0v) is 19.4. The lowest BCUT2D eigenvalue weighted by Gasteiger charge is -2.26. The van der Waals surface area contributed by atoms with Crippen molar-refractivity contribution < 1.29 is 19.1 Å². The second-order valence-corrected chi connectivity index (χ2v) is 8.37. The summed E-state index contributed by atoms with van der Waals surface area (Å²) in [6.45, 7) is 2.89. The number of ether oxygens (including phenoxy) is 1. The Balaban J connectivity index is 1.90. The second-order valence-electron chi connectivity index (χ2n) is 7.02. The molecule has 2 aromatic carbocycles. The molecule has 9 heteroatoms. The van der Waals surface area contributed by atoms with Gasteiger partial charge in [0.15, 0.2) is 11.2 Å². The highest BCUT2D eigenvalue weighted by Gasteiger charge is 2.55. The maximum atomic E-state index is 12.9. The van der Waals surface area contributed by atoms with E-state index in [4.69, 9.17) is 16.3 Å². The van der Waals surface area contributed by atoms with Gasteiger partial charge in [0.05, 0.1) is 18.9 Å². The van der Waals surface area contributed by atoms with Gasteiger partial charge in [0.1, 0.15) is 6.54 Å². The summed E-state index contributed by atoms with van der Waals surface area (Å²) in [6.07, 6.45) is 0. The summed E-state index contributed by atoms with van der Waals surface area (Å²) in [5.41, 5.74) is -0.200. The first kappa shape index (κ1) is 23.0. The molecule has 1 N–H and O–H groups in total. The number of amides is 1. The highest BCUT2D eigenvalue weighted by Crippen LogP contribution is 2.34. The molecule has 0 fully saturated rings. The van der Waals surface area contributed by atoms with Crippen LogP contribution < -0.4 is 5.32 Å². The van der Waals surface area contributed by atoms with E-state index in [-0.39, 0.29) is 31.3 Å². The van der Waals surface area contributed by atoms with Gasteiger partial charge in [0, 0.05) is 15.2 Å². The van der Waals surface area contributed by atoms with Crippen LogP contribution >= 0.6 is 27.5 Å². The Morgan fingerprint density at radius 1 is 1.16 bits per heavy atom. The summed E-state index contributed by atoms with van der Waals surface area (Å²) >= 11 is 9.33. The van der Waals surface area contributed by atoms with Gasteiger partial charge in [-0.25, -0.2) is 0 Å². The van der Waals surface area contributed by atoms with E-state index in [0.717, 1.165) is 4.47 Å². The van der Waals surface area contributed by atoms with Crippen molar-refractivity contribution in [2.24, 2.45) is 10.5 Å². The van der Waals surface area contributed by atoms with Crippen LogP contribution in [0.1, 0.15) is 19.4 Å². The third-order valence-corrected chi connectivity index (χ3v) is 5.64. The summed E-state index contributed by atoms with van der Waals surface area (Å²) in [5, 5.41) is 9.18. The van der Waals surface area contributed by atoms with Crippen LogP contribution in [0.2, 0.25) is 5.02 Å². The van der Waals surface area contributed by atoms with Gasteiger partial charge in [-0.3, -0.25) is 19.4 Å². The number of halogens is 2. The summed E-state index contributed by atoms with van der Waals surface area (Å²) in [6, 6.07) is 13.8. The zero-order chi connectivity index (χ0) is 22.6. The van der Waals surface area contributed by atoms with Crippen LogP contribution in [0.25, 0.3) is 0 Å². The number of benzene rings is 2. The molecule has 1 amide bonds. The number of hydrogen-bond donors (Lipinski definition) is 1. The Kier molecular flexibility index (Phi) is 7.12. The van der Waals surface area contributed by atoms with Crippen molar-refractivity contribution in [3.8, 4) is 0 Å². The predicted octanol–water partition coefficient (Wildman–Crippen LogP) is 3.90.